The summed E-state index contributed by atoms with van der Waals surface area (Å²) in [7, 11) is 0. The zero-order chi connectivity index (χ0) is 17.1. The van der Waals surface area contributed by atoms with Crippen molar-refractivity contribution in [1.29, 1.82) is 0 Å². The quantitative estimate of drug-likeness (QED) is 0.785. The number of nitrogens with zero attached hydrogens (tertiary/aromatic N) is 4. The topological polar surface area (TPSA) is 64.7 Å². The Labute approximate surface area is 141 Å². The van der Waals surface area contributed by atoms with Gasteiger partial charge in [0.15, 0.2) is 0 Å². The van der Waals surface area contributed by atoms with Gasteiger partial charge >= 0.3 is 0 Å². The molecule has 0 fully saturated rings. The van der Waals surface area contributed by atoms with E-state index in [1.165, 1.54) is 11.1 Å². The van der Waals surface area contributed by atoms with E-state index >= 15 is 0 Å². The van der Waals surface area contributed by atoms with Crippen LogP contribution in [0.1, 0.15) is 34.2 Å². The van der Waals surface area contributed by atoms with Crippen LogP contribution < -0.4 is 5.32 Å². The van der Waals surface area contributed by atoms with Gasteiger partial charge < -0.3 is 5.32 Å². The van der Waals surface area contributed by atoms with Crippen LogP contribution in [0.25, 0.3) is 0 Å². The van der Waals surface area contributed by atoms with Gasteiger partial charge in [0.25, 0.3) is 5.91 Å². The van der Waals surface area contributed by atoms with Crippen molar-refractivity contribution in [3.05, 3.63) is 65.2 Å². The number of carbonyl (C=O) groups is 1. The van der Waals surface area contributed by atoms with E-state index in [1.807, 2.05) is 24.7 Å². The van der Waals surface area contributed by atoms with E-state index in [0.717, 1.165) is 5.69 Å². The molecule has 0 radical (unpaired) electrons. The second-order valence-electron chi connectivity index (χ2n) is 5.85. The van der Waals surface area contributed by atoms with Crippen LogP contribution in [0.4, 0.5) is 5.69 Å². The number of benzene rings is 1. The summed E-state index contributed by atoms with van der Waals surface area (Å²) in [6, 6.07) is 10.1. The normalized spacial score (nSPS) is 10.8. The van der Waals surface area contributed by atoms with Crippen LogP contribution in [0.15, 0.2) is 42.7 Å². The van der Waals surface area contributed by atoms with E-state index < -0.39 is 0 Å². The number of anilines is 1. The molecule has 24 heavy (non-hydrogen) atoms. The summed E-state index contributed by atoms with van der Waals surface area (Å²) < 4.78 is 3.50. The van der Waals surface area contributed by atoms with Gasteiger partial charge in [-0.1, -0.05) is 29.8 Å². The number of rotatable bonds is 5. The molecular weight excluding hydrogens is 302 g/mol. The van der Waals surface area contributed by atoms with Crippen LogP contribution >= 0.6 is 0 Å². The number of nitrogens with one attached hydrogen (secondary N) is 1. The average Bonchev–Trinajstić information content (AvgIpc) is 3.15. The standard InChI is InChI=1S/C18H21N5O/c1-4-23-17(9-14(3)21-23)18(24)20-16-10-19-22(12-16)11-15-7-5-13(2)6-8-15/h5-10,12H,4,11H2,1-3H3,(H,20,24). The lowest BCUT2D eigenvalue weighted by molar-refractivity contribution is 0.101. The fraction of sp³-hybridized carbons (Fsp3) is 0.278. The maximum absolute atomic E-state index is 12.4. The van der Waals surface area contributed by atoms with Crippen LogP contribution in [-0.2, 0) is 13.1 Å². The van der Waals surface area contributed by atoms with E-state index in [1.54, 1.807) is 16.9 Å². The first kappa shape index (κ1) is 16.0. The van der Waals surface area contributed by atoms with Crippen LogP contribution in [0.5, 0.6) is 0 Å². The van der Waals surface area contributed by atoms with Crippen molar-refractivity contribution in [2.24, 2.45) is 0 Å². The largest absolute Gasteiger partial charge is 0.318 e. The molecule has 1 amide bonds. The maximum Gasteiger partial charge on any atom is 0.274 e. The number of amides is 1. The van der Waals surface area contributed by atoms with Crippen molar-refractivity contribution < 1.29 is 4.79 Å². The molecule has 0 saturated heterocycles. The molecule has 1 N–H and O–H groups in total. The average molecular weight is 323 g/mol. The Morgan fingerprint density at radius 2 is 1.96 bits per heavy atom. The highest BCUT2D eigenvalue weighted by Crippen LogP contribution is 2.12. The molecular formula is C18H21N5O. The highest BCUT2D eigenvalue weighted by atomic mass is 16.2. The molecule has 0 bridgehead atoms. The van der Waals surface area contributed by atoms with Crippen LogP contribution in [0.2, 0.25) is 0 Å². The van der Waals surface area contributed by atoms with Gasteiger partial charge in [-0.25, -0.2) is 0 Å². The molecule has 0 saturated carbocycles. The van der Waals surface area contributed by atoms with Crippen molar-refractivity contribution in [1.82, 2.24) is 19.6 Å². The molecule has 0 aliphatic heterocycles. The van der Waals surface area contributed by atoms with Crippen LogP contribution in [0.3, 0.4) is 0 Å². The third-order valence-corrected chi connectivity index (χ3v) is 3.79. The number of aryl methyl sites for hydroxylation is 3. The molecule has 3 rings (SSSR count). The molecule has 0 aliphatic rings. The fourth-order valence-corrected chi connectivity index (χ4v) is 2.56. The second kappa shape index (κ2) is 6.70. The van der Waals surface area contributed by atoms with Crippen molar-refractivity contribution in [2.75, 3.05) is 5.32 Å². The minimum Gasteiger partial charge on any atom is -0.318 e. The summed E-state index contributed by atoms with van der Waals surface area (Å²) in [5.41, 5.74) is 4.46. The second-order valence-corrected chi connectivity index (χ2v) is 5.85. The minimum absolute atomic E-state index is 0.174. The van der Waals surface area contributed by atoms with Crippen LogP contribution in [-0.4, -0.2) is 25.5 Å². The number of aromatic nitrogens is 4. The SMILES string of the molecule is CCn1nc(C)cc1C(=O)Nc1cnn(Cc2ccc(C)cc2)c1. The third-order valence-electron chi connectivity index (χ3n) is 3.79. The van der Waals surface area contributed by atoms with Gasteiger partial charge in [0, 0.05) is 12.7 Å². The predicted octanol–water partition coefficient (Wildman–Crippen LogP) is 3.02. The van der Waals surface area contributed by atoms with Gasteiger partial charge in [0.05, 0.1) is 24.1 Å². The summed E-state index contributed by atoms with van der Waals surface area (Å²) in [4.78, 5) is 12.4. The summed E-state index contributed by atoms with van der Waals surface area (Å²) in [6.45, 7) is 7.23. The molecule has 0 aliphatic carbocycles. The van der Waals surface area contributed by atoms with Gasteiger partial charge in [-0.15, -0.1) is 0 Å². The Morgan fingerprint density at radius 3 is 2.67 bits per heavy atom. The molecule has 2 aromatic heterocycles. The van der Waals surface area contributed by atoms with Gasteiger partial charge in [-0.05, 0) is 32.4 Å². The predicted molar refractivity (Wildman–Crippen MR) is 93.1 cm³/mol. The van der Waals surface area contributed by atoms with Crippen molar-refractivity contribution in [2.45, 2.75) is 33.9 Å². The lowest BCUT2D eigenvalue weighted by Gasteiger charge is -2.04. The van der Waals surface area contributed by atoms with E-state index in [4.69, 9.17) is 0 Å². The zero-order valence-corrected chi connectivity index (χ0v) is 14.2. The van der Waals surface area contributed by atoms with E-state index in [9.17, 15) is 4.79 Å². The molecule has 0 spiro atoms. The number of carbonyl (C=O) groups excluding carboxylic acids is 1. The van der Waals surface area contributed by atoms with E-state index in [2.05, 4.69) is 46.7 Å². The van der Waals surface area contributed by atoms with Gasteiger partial charge in [0.2, 0.25) is 0 Å². The molecule has 6 heteroatoms. The molecule has 6 nitrogen and oxygen atoms in total. The zero-order valence-electron chi connectivity index (χ0n) is 14.2. The number of hydrogen-bond acceptors (Lipinski definition) is 3. The third kappa shape index (κ3) is 3.53. The fourth-order valence-electron chi connectivity index (χ4n) is 2.56. The summed E-state index contributed by atoms with van der Waals surface area (Å²) in [5.74, 6) is -0.174. The lowest BCUT2D eigenvalue weighted by atomic mass is 10.1. The smallest absolute Gasteiger partial charge is 0.274 e. The summed E-state index contributed by atoms with van der Waals surface area (Å²) in [5, 5.41) is 11.5. The summed E-state index contributed by atoms with van der Waals surface area (Å²) in [6.07, 6.45) is 3.49. The Hall–Kier alpha value is -2.89. The first-order chi connectivity index (χ1) is 11.5. The molecule has 0 atom stereocenters. The monoisotopic (exact) mass is 323 g/mol. The highest BCUT2D eigenvalue weighted by molar-refractivity contribution is 6.03. The highest BCUT2D eigenvalue weighted by Gasteiger charge is 2.14. The van der Waals surface area contributed by atoms with Gasteiger partial charge in [-0.3, -0.25) is 14.2 Å². The minimum atomic E-state index is -0.174. The Balaban J connectivity index is 1.69. The molecule has 124 valence electrons. The molecule has 3 aromatic rings. The number of hydrogen-bond donors (Lipinski definition) is 1. The Kier molecular flexibility index (Phi) is 4.46. The Morgan fingerprint density at radius 1 is 1.21 bits per heavy atom. The molecule has 2 heterocycles. The van der Waals surface area contributed by atoms with E-state index in [-0.39, 0.29) is 5.91 Å². The van der Waals surface area contributed by atoms with Crippen molar-refractivity contribution >= 4 is 11.6 Å². The van der Waals surface area contributed by atoms with Crippen molar-refractivity contribution in [3.63, 3.8) is 0 Å². The summed E-state index contributed by atoms with van der Waals surface area (Å²) >= 11 is 0. The lowest BCUT2D eigenvalue weighted by Crippen LogP contribution is -2.17. The van der Waals surface area contributed by atoms with Crippen LogP contribution in [0, 0.1) is 13.8 Å². The van der Waals surface area contributed by atoms with Gasteiger partial charge in [0.1, 0.15) is 5.69 Å². The first-order valence-corrected chi connectivity index (χ1v) is 7.99. The Bertz CT molecular complexity index is 845. The maximum atomic E-state index is 12.4. The molecule has 0 unspecified atom stereocenters. The van der Waals surface area contributed by atoms with Gasteiger partial charge in [-0.2, -0.15) is 10.2 Å². The molecule has 1 aromatic carbocycles. The van der Waals surface area contributed by atoms with E-state index in [0.29, 0.717) is 24.5 Å². The first-order valence-electron chi connectivity index (χ1n) is 7.99. The van der Waals surface area contributed by atoms with Crippen molar-refractivity contribution in [3.8, 4) is 0 Å².